The van der Waals surface area contributed by atoms with Crippen LogP contribution in [0, 0.1) is 0 Å². The minimum Gasteiger partial charge on any atom is -0.497 e. The molecular weight excluding hydrogens is 468 g/mol. The third kappa shape index (κ3) is 5.83. The second-order valence-corrected chi connectivity index (χ2v) is 8.50. The molecule has 10 nitrogen and oxygen atoms in total. The second kappa shape index (κ2) is 10.8. The molecule has 4 aromatic rings. The van der Waals surface area contributed by atoms with Gasteiger partial charge in [-0.3, -0.25) is 9.52 Å². The van der Waals surface area contributed by atoms with Crippen LogP contribution in [0.3, 0.4) is 0 Å². The van der Waals surface area contributed by atoms with Crippen molar-refractivity contribution in [1.29, 1.82) is 0 Å². The number of carbonyl (C=O) groups excluding carboxylic acids is 1. The van der Waals surface area contributed by atoms with Crippen molar-refractivity contribution in [2.75, 3.05) is 36.1 Å². The van der Waals surface area contributed by atoms with Gasteiger partial charge in [-0.1, -0.05) is 18.2 Å². The first kappa shape index (κ1) is 23.9. The van der Waals surface area contributed by atoms with Gasteiger partial charge in [-0.05, 0) is 30.3 Å². The Morgan fingerprint density at radius 1 is 0.886 bits per heavy atom. The van der Waals surface area contributed by atoms with Crippen LogP contribution in [-0.4, -0.2) is 40.8 Å². The van der Waals surface area contributed by atoms with Crippen molar-refractivity contribution in [2.24, 2.45) is 5.73 Å². The number of anilines is 4. The van der Waals surface area contributed by atoms with E-state index in [1.54, 1.807) is 56.7 Å². The first-order valence-corrected chi connectivity index (χ1v) is 11.7. The Morgan fingerprint density at radius 3 is 2.17 bits per heavy atom. The van der Waals surface area contributed by atoms with Crippen LogP contribution in [0.25, 0.3) is 11.0 Å². The highest BCUT2D eigenvalue weighted by molar-refractivity contribution is 7.86. The maximum Gasteiger partial charge on any atom is 0.238 e. The zero-order valence-electron chi connectivity index (χ0n) is 19.1. The fraction of sp³-hybridized carbons (Fsp3) is 0.125. The van der Waals surface area contributed by atoms with Gasteiger partial charge in [0, 0.05) is 29.6 Å². The average molecular weight is 493 g/mol. The number of ether oxygens (including phenoxy) is 2. The van der Waals surface area contributed by atoms with Crippen molar-refractivity contribution in [3.63, 3.8) is 0 Å². The summed E-state index contributed by atoms with van der Waals surface area (Å²) in [6, 6.07) is 19.3. The molecule has 3 aromatic carbocycles. The van der Waals surface area contributed by atoms with Crippen LogP contribution >= 0.6 is 0 Å². The summed E-state index contributed by atoms with van der Waals surface area (Å²) in [6.45, 7) is -0.150. The number of fused-ring (bicyclic) bond motifs is 1. The van der Waals surface area contributed by atoms with Gasteiger partial charge in [0.25, 0.3) is 0 Å². The van der Waals surface area contributed by atoms with Gasteiger partial charge in [0.15, 0.2) is 22.6 Å². The molecule has 5 N–H and O–H groups in total. The summed E-state index contributed by atoms with van der Waals surface area (Å²) >= 11 is 0. The number of benzene rings is 3. The highest BCUT2D eigenvalue weighted by Gasteiger charge is 2.15. The Hall–Kier alpha value is -4.22. The van der Waals surface area contributed by atoms with Gasteiger partial charge in [-0.25, -0.2) is 14.2 Å². The van der Waals surface area contributed by atoms with Crippen molar-refractivity contribution in [3.05, 3.63) is 66.7 Å². The predicted molar refractivity (Wildman–Crippen MR) is 137 cm³/mol. The summed E-state index contributed by atoms with van der Waals surface area (Å²) in [5.74, 6) is 1.48. The van der Waals surface area contributed by atoms with E-state index in [1.165, 1.54) is 0 Å². The van der Waals surface area contributed by atoms with Crippen LogP contribution in [0.1, 0.15) is 0 Å². The molecule has 11 heteroatoms. The van der Waals surface area contributed by atoms with Crippen molar-refractivity contribution in [3.8, 4) is 11.5 Å². The summed E-state index contributed by atoms with van der Waals surface area (Å²) in [5, 5.41) is 5.86. The van der Waals surface area contributed by atoms with E-state index in [1.807, 2.05) is 24.3 Å². The van der Waals surface area contributed by atoms with Gasteiger partial charge in [0.1, 0.15) is 11.5 Å². The molecule has 180 valence electrons. The Balaban J connectivity index is 1.68. The number of nitrogens with zero attached hydrogens (tertiary/aromatic N) is 2. The van der Waals surface area contributed by atoms with Crippen molar-refractivity contribution in [2.45, 2.75) is 4.90 Å². The molecule has 4 rings (SSSR count). The smallest absolute Gasteiger partial charge is 0.238 e. The number of nitrogens with two attached hydrogens (primary N) is 1. The lowest BCUT2D eigenvalue weighted by Crippen LogP contribution is -2.21. The van der Waals surface area contributed by atoms with Crippen molar-refractivity contribution >= 4 is 50.9 Å². The Kier molecular flexibility index (Phi) is 7.38. The number of methoxy groups -OCH3 is 2. The number of hydrogen-bond acceptors (Lipinski definition) is 8. The number of aromatic nitrogens is 2. The molecule has 1 amide bonds. The number of rotatable bonds is 9. The predicted octanol–water partition coefficient (Wildman–Crippen LogP) is 3.42. The molecular formula is C24H24N6O4S. The van der Waals surface area contributed by atoms with E-state index in [9.17, 15) is 9.00 Å². The minimum absolute atomic E-state index is 0.150. The van der Waals surface area contributed by atoms with Crippen molar-refractivity contribution < 1.29 is 18.5 Å². The normalized spacial score (nSPS) is 11.5. The first-order valence-electron chi connectivity index (χ1n) is 10.5. The summed E-state index contributed by atoms with van der Waals surface area (Å²) in [6.07, 6.45) is 0. The molecule has 0 fully saturated rings. The number of hydrogen-bond donors (Lipinski definition) is 4. The van der Waals surface area contributed by atoms with E-state index < -0.39 is 11.0 Å². The molecule has 0 saturated carbocycles. The zero-order valence-corrected chi connectivity index (χ0v) is 19.9. The fourth-order valence-corrected chi connectivity index (χ4v) is 4.09. The molecule has 0 aliphatic rings. The monoisotopic (exact) mass is 492 g/mol. The molecule has 0 aliphatic carbocycles. The van der Waals surface area contributed by atoms with Crippen LogP contribution in [-0.2, 0) is 15.8 Å². The molecule has 0 saturated heterocycles. The van der Waals surface area contributed by atoms with Crippen LogP contribution < -0.4 is 30.6 Å². The SMILES string of the molecule is COc1cc(Nc2nc3ccccc3nc2NS(=O)c2cccc(NC(=O)CN)c2)cc(OC)c1. The third-order valence-corrected chi connectivity index (χ3v) is 5.95. The average Bonchev–Trinajstić information content (AvgIpc) is 2.88. The van der Waals surface area contributed by atoms with Gasteiger partial charge in [0.05, 0.1) is 36.7 Å². The van der Waals surface area contributed by atoms with Gasteiger partial charge in [0.2, 0.25) is 5.91 Å². The highest BCUT2D eigenvalue weighted by Crippen LogP contribution is 2.31. The van der Waals surface area contributed by atoms with E-state index in [-0.39, 0.29) is 18.3 Å². The lowest BCUT2D eigenvalue weighted by Gasteiger charge is -2.15. The summed E-state index contributed by atoms with van der Waals surface area (Å²) in [5.41, 5.74) is 7.78. The molecule has 1 heterocycles. The Morgan fingerprint density at radius 2 is 1.54 bits per heavy atom. The quantitative estimate of drug-likeness (QED) is 0.279. The van der Waals surface area contributed by atoms with Crippen LogP contribution in [0.2, 0.25) is 0 Å². The Bertz CT molecular complexity index is 1380. The fourth-order valence-electron chi connectivity index (χ4n) is 3.22. The van der Waals surface area contributed by atoms with Gasteiger partial charge < -0.3 is 25.8 Å². The second-order valence-electron chi connectivity index (χ2n) is 7.29. The van der Waals surface area contributed by atoms with Gasteiger partial charge in [-0.15, -0.1) is 0 Å². The topological polar surface area (TPSA) is 140 Å². The van der Waals surface area contributed by atoms with Crippen LogP contribution in [0.5, 0.6) is 11.5 Å². The largest absolute Gasteiger partial charge is 0.497 e. The molecule has 1 unspecified atom stereocenters. The molecule has 1 aromatic heterocycles. The molecule has 0 bridgehead atoms. The van der Waals surface area contributed by atoms with E-state index in [0.717, 1.165) is 0 Å². The van der Waals surface area contributed by atoms with E-state index in [2.05, 4.69) is 25.3 Å². The van der Waals surface area contributed by atoms with Gasteiger partial charge in [-0.2, -0.15) is 0 Å². The van der Waals surface area contributed by atoms with Gasteiger partial charge >= 0.3 is 0 Å². The molecule has 1 atom stereocenters. The minimum atomic E-state index is -1.71. The van der Waals surface area contributed by atoms with Crippen LogP contribution in [0.4, 0.5) is 23.0 Å². The lowest BCUT2D eigenvalue weighted by molar-refractivity contribution is -0.114. The molecule has 0 spiro atoms. The molecule has 0 radical (unpaired) electrons. The lowest BCUT2D eigenvalue weighted by atomic mass is 10.2. The maximum atomic E-state index is 13.2. The number of amides is 1. The van der Waals surface area contributed by atoms with E-state index in [0.29, 0.717) is 44.6 Å². The summed E-state index contributed by atoms with van der Waals surface area (Å²) in [7, 11) is 1.42. The highest BCUT2D eigenvalue weighted by atomic mass is 32.2. The Labute approximate surface area is 204 Å². The van der Waals surface area contributed by atoms with Crippen molar-refractivity contribution in [1.82, 2.24) is 9.97 Å². The maximum absolute atomic E-state index is 13.2. The van der Waals surface area contributed by atoms with E-state index >= 15 is 0 Å². The number of para-hydroxylation sites is 2. The summed E-state index contributed by atoms with van der Waals surface area (Å²) < 4.78 is 26.8. The molecule has 35 heavy (non-hydrogen) atoms. The standard InChI is InChI=1S/C24H24N6O4S/c1-33-17-10-16(11-18(13-17)34-2)27-23-24(29-21-9-4-3-8-20(21)28-23)30-35(32)19-7-5-6-15(12-19)26-22(31)14-25/h3-13H,14,25H2,1-2H3,(H,26,31)(H,27,28)(H,29,30). The number of carbonyl (C=O) groups is 1. The number of nitrogens with one attached hydrogen (secondary N) is 3. The van der Waals surface area contributed by atoms with E-state index in [4.69, 9.17) is 15.2 Å². The summed E-state index contributed by atoms with van der Waals surface area (Å²) in [4.78, 5) is 21.4. The molecule has 0 aliphatic heterocycles. The van der Waals surface area contributed by atoms with Crippen LogP contribution in [0.15, 0.2) is 71.6 Å². The third-order valence-electron chi connectivity index (χ3n) is 4.89. The zero-order chi connectivity index (χ0) is 24.8. The first-order chi connectivity index (χ1) is 17.0.